The first-order valence-electron chi connectivity index (χ1n) is 19.6. The number of amides is 3. The zero-order valence-corrected chi connectivity index (χ0v) is 34.3. The molecule has 4 aromatic rings. The number of rotatable bonds is 13. The van der Waals surface area contributed by atoms with Gasteiger partial charge < -0.3 is 24.4 Å². The highest BCUT2D eigenvalue weighted by Crippen LogP contribution is 2.58. The van der Waals surface area contributed by atoms with E-state index in [1.807, 2.05) is 31.0 Å². The first-order valence-corrected chi connectivity index (χ1v) is 22.1. The summed E-state index contributed by atoms with van der Waals surface area (Å²) in [7, 11) is -4.44. The van der Waals surface area contributed by atoms with Crippen LogP contribution in [-0.2, 0) is 23.7 Å². The van der Waals surface area contributed by atoms with Crippen LogP contribution in [0.15, 0.2) is 73.1 Å². The van der Waals surface area contributed by atoms with Gasteiger partial charge in [-0.2, -0.15) is 0 Å². The van der Waals surface area contributed by atoms with E-state index in [2.05, 4.69) is 22.3 Å². The third kappa shape index (κ3) is 8.63. The molecule has 12 nitrogen and oxygen atoms in total. The molecule has 57 heavy (non-hydrogen) atoms. The van der Waals surface area contributed by atoms with Crippen molar-refractivity contribution in [2.45, 2.75) is 95.8 Å². The number of carbonyl (C=O) groups excluding carboxylic acids is 4. The summed E-state index contributed by atoms with van der Waals surface area (Å²) in [6.07, 6.45) is 6.74. The van der Waals surface area contributed by atoms with E-state index in [1.54, 1.807) is 53.6 Å². The van der Waals surface area contributed by atoms with Gasteiger partial charge >= 0.3 is 13.5 Å². The Hall–Kier alpha value is -4.65. The third-order valence-corrected chi connectivity index (χ3v) is 14.4. The number of nitrogens with one attached hydrogen (secondary N) is 2. The van der Waals surface area contributed by atoms with Gasteiger partial charge in [-0.25, -0.2) is 9.48 Å². The minimum Gasteiger partial charge on any atom is -0.465 e. The molecule has 15 heteroatoms. The van der Waals surface area contributed by atoms with E-state index in [9.17, 15) is 23.7 Å². The van der Waals surface area contributed by atoms with E-state index in [1.165, 1.54) is 30.4 Å². The molecule has 3 saturated heterocycles. The number of hydrogen-bond acceptors (Lipinski definition) is 9. The number of hydrogen-bond donors (Lipinski definition) is 2. The van der Waals surface area contributed by atoms with E-state index in [0.29, 0.717) is 47.3 Å². The first-order chi connectivity index (χ1) is 27.3. The van der Waals surface area contributed by atoms with Crippen molar-refractivity contribution in [3.05, 3.63) is 94.6 Å². The number of ether oxygens (including phenoxy) is 1. The van der Waals surface area contributed by atoms with Crippen molar-refractivity contribution in [3.63, 3.8) is 0 Å². The van der Waals surface area contributed by atoms with Gasteiger partial charge in [0, 0.05) is 42.1 Å². The molecule has 0 unspecified atom stereocenters. The summed E-state index contributed by atoms with van der Waals surface area (Å²) in [5.74, 6) is -3.10. The predicted octanol–water partition coefficient (Wildman–Crippen LogP) is 7.29. The number of likely N-dealkylation sites (tertiary alicyclic amines) is 1. The van der Waals surface area contributed by atoms with Crippen LogP contribution in [0.5, 0.6) is 5.75 Å². The molecular weight excluding hydrogens is 769 g/mol. The highest BCUT2D eigenvalue weighted by Gasteiger charge is 2.49. The minimum atomic E-state index is -4.44. The van der Waals surface area contributed by atoms with Crippen LogP contribution in [0.4, 0.5) is 4.39 Å². The highest BCUT2D eigenvalue weighted by molar-refractivity contribution is 7.57. The number of benzene rings is 2. The van der Waals surface area contributed by atoms with Crippen molar-refractivity contribution in [3.8, 4) is 5.75 Å². The van der Waals surface area contributed by atoms with Gasteiger partial charge in [0.25, 0.3) is 5.91 Å². The molecule has 3 fully saturated rings. The Morgan fingerprint density at radius 3 is 2.58 bits per heavy atom. The van der Waals surface area contributed by atoms with Gasteiger partial charge in [-0.3, -0.25) is 28.7 Å². The van der Waals surface area contributed by atoms with Crippen LogP contribution in [0.25, 0.3) is 10.1 Å². The molecule has 5 heterocycles. The standard InChI is InChI=1S/C42H49FN5O7PS/c1-5-17-54-42(52)27(4)46-56(53,55-32-9-7-6-8-10-32)38(43)28-11-14-36-29(20-28)21-37(57-36)39(49)45-34-19-25(2)18-31-12-13-35(48(31)40(34)50)41(51)47-23-30(24-47)33-22-44-16-15-26(33)3/h6-11,14-16,20-22,25,27,30-31,34-35,38H,5,12-13,17-19,23-24H2,1-4H3,(H,45,49)(H,46,53)/t25-,27-,31+,34-,35-,38+,56-/m0/s1. The summed E-state index contributed by atoms with van der Waals surface area (Å²) in [6.45, 7) is 8.73. The van der Waals surface area contributed by atoms with Gasteiger partial charge in [0.05, 0.1) is 11.5 Å². The van der Waals surface area contributed by atoms with Crippen LogP contribution < -0.4 is 14.9 Å². The Bertz CT molecular complexity index is 2180. The lowest BCUT2D eigenvalue weighted by Crippen LogP contribution is -2.58. The summed E-state index contributed by atoms with van der Waals surface area (Å²) >= 11 is 1.19. The zero-order valence-electron chi connectivity index (χ0n) is 32.6. The molecule has 7 atom stereocenters. The highest BCUT2D eigenvalue weighted by atomic mass is 32.1. The van der Waals surface area contributed by atoms with Gasteiger partial charge in [0.1, 0.15) is 23.9 Å². The Morgan fingerprint density at radius 1 is 1.07 bits per heavy atom. The topological polar surface area (TPSA) is 147 Å². The Balaban J connectivity index is 1.05. The number of para-hydroxylation sites is 1. The molecule has 0 radical (unpaired) electrons. The van der Waals surface area contributed by atoms with Gasteiger partial charge in [-0.1, -0.05) is 38.1 Å². The second-order valence-electron chi connectivity index (χ2n) is 15.5. The second-order valence-corrected chi connectivity index (χ2v) is 18.7. The number of pyridine rings is 1. The lowest BCUT2D eigenvalue weighted by molar-refractivity contribution is -0.148. The molecular formula is C42H49FN5O7PS. The summed E-state index contributed by atoms with van der Waals surface area (Å²) in [5, 5.41) is 6.09. The van der Waals surface area contributed by atoms with Crippen LogP contribution in [0.3, 0.4) is 0 Å². The molecule has 0 aliphatic carbocycles. The predicted molar refractivity (Wildman–Crippen MR) is 216 cm³/mol. The van der Waals surface area contributed by atoms with E-state index >= 15 is 4.39 Å². The fraction of sp³-hybridized carbons (Fsp3) is 0.452. The molecule has 2 aromatic carbocycles. The zero-order chi connectivity index (χ0) is 40.4. The van der Waals surface area contributed by atoms with Gasteiger partial charge in [-0.05, 0) is 110 Å². The SMILES string of the molecule is CCCOC(=O)[C@H](C)N[P@@](=O)(Oc1ccccc1)[C@@H](F)c1ccc2sc(C(=O)N[C@H]3C[C@@H](C)C[C@H]4CC[C@@H](C(=O)N5CC(c6cnccc6C)C5)N4C3=O)cc2c1. The molecule has 3 amide bonds. The van der Waals surface area contributed by atoms with Gasteiger partial charge in [-0.15, -0.1) is 11.3 Å². The number of carbonyl (C=O) groups is 4. The fourth-order valence-corrected chi connectivity index (χ4v) is 11.1. The van der Waals surface area contributed by atoms with Crippen molar-refractivity contribution >= 4 is 52.6 Å². The van der Waals surface area contributed by atoms with Crippen molar-refractivity contribution in [2.24, 2.45) is 5.92 Å². The largest absolute Gasteiger partial charge is 0.465 e. The van der Waals surface area contributed by atoms with Crippen LogP contribution in [0.1, 0.15) is 91.1 Å². The van der Waals surface area contributed by atoms with E-state index < -0.39 is 43.4 Å². The summed E-state index contributed by atoms with van der Waals surface area (Å²) in [6, 6.07) is 13.8. The minimum absolute atomic E-state index is 0.0285. The van der Waals surface area contributed by atoms with Crippen molar-refractivity contribution in [1.29, 1.82) is 0 Å². The normalized spacial score (nSPS) is 23.1. The number of aromatic nitrogens is 1. The van der Waals surface area contributed by atoms with E-state index in [0.717, 1.165) is 24.0 Å². The van der Waals surface area contributed by atoms with Crippen LogP contribution in [-0.4, -0.2) is 82.3 Å². The van der Waals surface area contributed by atoms with E-state index in [4.69, 9.17) is 9.26 Å². The third-order valence-electron chi connectivity index (χ3n) is 11.2. The maximum absolute atomic E-state index is 16.5. The van der Waals surface area contributed by atoms with Crippen molar-refractivity contribution in [1.82, 2.24) is 25.2 Å². The average molecular weight is 818 g/mol. The molecule has 302 valence electrons. The number of thiophene rings is 1. The van der Waals surface area contributed by atoms with E-state index in [-0.39, 0.29) is 47.6 Å². The smallest absolute Gasteiger partial charge is 0.355 e. The lowest BCUT2D eigenvalue weighted by atomic mass is 9.89. The number of alkyl halides is 1. The molecule has 0 spiro atoms. The number of halogens is 1. The average Bonchev–Trinajstić information content (AvgIpc) is 3.78. The van der Waals surface area contributed by atoms with Gasteiger partial charge in [0.15, 0.2) is 0 Å². The van der Waals surface area contributed by atoms with Crippen LogP contribution in [0, 0.1) is 12.8 Å². The molecule has 2 N–H and O–H groups in total. The number of esters is 1. The maximum Gasteiger partial charge on any atom is 0.355 e. The fourth-order valence-electron chi connectivity index (χ4n) is 8.20. The molecule has 3 aliphatic heterocycles. The number of fused-ring (bicyclic) bond motifs is 2. The Morgan fingerprint density at radius 2 is 1.84 bits per heavy atom. The first kappa shape index (κ1) is 40.5. The van der Waals surface area contributed by atoms with Gasteiger partial charge in [0.2, 0.25) is 17.7 Å². The molecule has 0 saturated carbocycles. The van der Waals surface area contributed by atoms with Crippen LogP contribution >= 0.6 is 18.9 Å². The molecule has 0 bridgehead atoms. The quantitative estimate of drug-likeness (QED) is 0.105. The van der Waals surface area contributed by atoms with Crippen molar-refractivity contribution < 1.29 is 37.4 Å². The second kappa shape index (κ2) is 17.1. The summed E-state index contributed by atoms with van der Waals surface area (Å²) in [5.41, 5.74) is 2.31. The monoisotopic (exact) mass is 817 g/mol. The lowest BCUT2D eigenvalue weighted by Gasteiger charge is -2.43. The maximum atomic E-state index is 16.5. The summed E-state index contributed by atoms with van der Waals surface area (Å²) in [4.78, 5) is 62.6. The summed E-state index contributed by atoms with van der Waals surface area (Å²) < 4.78 is 42.4. The Labute approximate surface area is 336 Å². The Kier molecular flexibility index (Phi) is 12.1. The molecule has 7 rings (SSSR count). The molecule has 3 aliphatic rings. The molecule has 2 aromatic heterocycles. The number of nitrogens with zero attached hydrogens (tertiary/aromatic N) is 3. The number of aryl methyl sites for hydroxylation is 1. The van der Waals surface area contributed by atoms with Crippen LogP contribution in [0.2, 0.25) is 0 Å². The van der Waals surface area contributed by atoms with Crippen molar-refractivity contribution in [2.75, 3.05) is 19.7 Å².